The molecule has 4 heteroatoms. The standard InChI is InChI=1S/C17H13ClN2S/c18-16-8-6-14(7-9-16)15-10-19-17(20-11-15)21-12-13-4-2-1-3-5-13/h1-11H,12H2. The minimum Gasteiger partial charge on any atom is -0.230 e. The van der Waals surface area contributed by atoms with Crippen molar-refractivity contribution >= 4 is 23.4 Å². The SMILES string of the molecule is Clc1ccc(-c2cnc(SCc3ccccc3)nc2)cc1. The largest absolute Gasteiger partial charge is 0.230 e. The molecule has 2 nitrogen and oxygen atoms in total. The van der Waals surface area contributed by atoms with Crippen LogP contribution in [0.5, 0.6) is 0 Å². The van der Waals surface area contributed by atoms with Crippen molar-refractivity contribution in [3.63, 3.8) is 0 Å². The minimum absolute atomic E-state index is 0.731. The predicted molar refractivity (Wildman–Crippen MR) is 88.5 cm³/mol. The molecule has 1 aromatic heterocycles. The first kappa shape index (κ1) is 14.1. The Morgan fingerprint density at radius 3 is 2.14 bits per heavy atom. The van der Waals surface area contributed by atoms with Crippen molar-refractivity contribution in [1.29, 1.82) is 0 Å². The minimum atomic E-state index is 0.731. The second-order valence-electron chi connectivity index (χ2n) is 4.54. The molecule has 3 aromatic rings. The molecule has 0 atom stereocenters. The van der Waals surface area contributed by atoms with Gasteiger partial charge < -0.3 is 0 Å². The van der Waals surface area contributed by atoms with Gasteiger partial charge in [0, 0.05) is 28.7 Å². The highest BCUT2D eigenvalue weighted by Crippen LogP contribution is 2.23. The number of benzene rings is 2. The van der Waals surface area contributed by atoms with Crippen molar-refractivity contribution in [3.8, 4) is 11.1 Å². The van der Waals surface area contributed by atoms with Crippen LogP contribution >= 0.6 is 23.4 Å². The molecular weight excluding hydrogens is 300 g/mol. The van der Waals surface area contributed by atoms with Gasteiger partial charge in [0.15, 0.2) is 5.16 Å². The lowest BCUT2D eigenvalue weighted by Gasteiger charge is -2.03. The molecule has 104 valence electrons. The Morgan fingerprint density at radius 1 is 0.810 bits per heavy atom. The fraction of sp³-hybridized carbons (Fsp3) is 0.0588. The van der Waals surface area contributed by atoms with Gasteiger partial charge in [-0.3, -0.25) is 0 Å². The Labute approximate surface area is 133 Å². The molecule has 0 spiro atoms. The molecule has 2 aromatic carbocycles. The van der Waals surface area contributed by atoms with Crippen molar-refractivity contribution in [3.05, 3.63) is 77.6 Å². The number of hydrogen-bond acceptors (Lipinski definition) is 3. The van der Waals surface area contributed by atoms with Crippen LogP contribution in [0.3, 0.4) is 0 Å². The Kier molecular flexibility index (Phi) is 4.53. The highest BCUT2D eigenvalue weighted by Gasteiger charge is 2.02. The molecule has 0 radical (unpaired) electrons. The van der Waals surface area contributed by atoms with Gasteiger partial charge in [-0.05, 0) is 23.3 Å². The second-order valence-corrected chi connectivity index (χ2v) is 5.91. The zero-order chi connectivity index (χ0) is 14.5. The molecule has 0 N–H and O–H groups in total. The summed E-state index contributed by atoms with van der Waals surface area (Å²) < 4.78 is 0. The molecule has 0 fully saturated rings. The zero-order valence-corrected chi connectivity index (χ0v) is 12.8. The van der Waals surface area contributed by atoms with E-state index in [4.69, 9.17) is 11.6 Å². The molecule has 0 aliphatic carbocycles. The quantitative estimate of drug-likeness (QED) is 0.496. The van der Waals surface area contributed by atoms with E-state index < -0.39 is 0 Å². The lowest BCUT2D eigenvalue weighted by molar-refractivity contribution is 0.969. The summed E-state index contributed by atoms with van der Waals surface area (Å²) in [5.74, 6) is 0.876. The van der Waals surface area contributed by atoms with Gasteiger partial charge in [0.05, 0.1) is 0 Å². The van der Waals surface area contributed by atoms with Gasteiger partial charge in [-0.25, -0.2) is 9.97 Å². The van der Waals surface area contributed by atoms with Crippen molar-refractivity contribution in [2.45, 2.75) is 10.9 Å². The van der Waals surface area contributed by atoms with Crippen LogP contribution in [-0.4, -0.2) is 9.97 Å². The first-order valence-electron chi connectivity index (χ1n) is 6.56. The molecule has 0 amide bonds. The van der Waals surface area contributed by atoms with E-state index in [0.717, 1.165) is 27.1 Å². The van der Waals surface area contributed by atoms with Crippen LogP contribution < -0.4 is 0 Å². The Bertz CT molecular complexity index is 697. The molecular formula is C17H13ClN2S. The van der Waals surface area contributed by atoms with E-state index in [9.17, 15) is 0 Å². The molecule has 0 saturated heterocycles. The summed E-state index contributed by atoms with van der Waals surface area (Å²) in [6.45, 7) is 0. The van der Waals surface area contributed by atoms with Gasteiger partial charge in [0.2, 0.25) is 0 Å². The van der Waals surface area contributed by atoms with E-state index in [1.54, 1.807) is 11.8 Å². The number of nitrogens with zero attached hydrogens (tertiary/aromatic N) is 2. The fourth-order valence-electron chi connectivity index (χ4n) is 1.90. The fourth-order valence-corrected chi connectivity index (χ4v) is 2.77. The van der Waals surface area contributed by atoms with Crippen molar-refractivity contribution in [2.24, 2.45) is 0 Å². The third kappa shape index (κ3) is 3.84. The van der Waals surface area contributed by atoms with Gasteiger partial charge in [0.1, 0.15) is 0 Å². The van der Waals surface area contributed by atoms with E-state index in [0.29, 0.717) is 0 Å². The number of rotatable bonds is 4. The Balaban J connectivity index is 1.68. The maximum atomic E-state index is 5.89. The van der Waals surface area contributed by atoms with E-state index in [2.05, 4.69) is 22.1 Å². The normalized spacial score (nSPS) is 10.5. The lowest BCUT2D eigenvalue weighted by atomic mass is 10.1. The van der Waals surface area contributed by atoms with E-state index in [1.807, 2.05) is 54.9 Å². The first-order chi connectivity index (χ1) is 10.3. The van der Waals surface area contributed by atoms with Crippen LogP contribution in [0.4, 0.5) is 0 Å². The summed E-state index contributed by atoms with van der Waals surface area (Å²) in [5, 5.41) is 1.52. The molecule has 0 bridgehead atoms. The summed E-state index contributed by atoms with van der Waals surface area (Å²) in [6.07, 6.45) is 3.70. The van der Waals surface area contributed by atoms with Gasteiger partial charge in [0.25, 0.3) is 0 Å². The van der Waals surface area contributed by atoms with E-state index in [-0.39, 0.29) is 0 Å². The summed E-state index contributed by atoms with van der Waals surface area (Å²) in [6, 6.07) is 18.0. The van der Waals surface area contributed by atoms with Crippen LogP contribution in [0, 0.1) is 0 Å². The van der Waals surface area contributed by atoms with Crippen LogP contribution in [0.25, 0.3) is 11.1 Å². The summed E-state index contributed by atoms with van der Waals surface area (Å²) in [7, 11) is 0. The maximum absolute atomic E-state index is 5.89. The monoisotopic (exact) mass is 312 g/mol. The Morgan fingerprint density at radius 2 is 1.48 bits per heavy atom. The summed E-state index contributed by atoms with van der Waals surface area (Å²) in [5.41, 5.74) is 3.34. The van der Waals surface area contributed by atoms with Crippen LogP contribution in [-0.2, 0) is 5.75 Å². The van der Waals surface area contributed by atoms with Crippen molar-refractivity contribution in [1.82, 2.24) is 9.97 Å². The molecule has 0 aliphatic rings. The third-order valence-electron chi connectivity index (χ3n) is 3.02. The molecule has 0 unspecified atom stereocenters. The van der Waals surface area contributed by atoms with Gasteiger partial charge in [-0.2, -0.15) is 0 Å². The van der Waals surface area contributed by atoms with Crippen molar-refractivity contribution < 1.29 is 0 Å². The highest BCUT2D eigenvalue weighted by molar-refractivity contribution is 7.98. The van der Waals surface area contributed by atoms with Crippen LogP contribution in [0.15, 0.2) is 72.1 Å². The number of aromatic nitrogens is 2. The highest BCUT2D eigenvalue weighted by atomic mass is 35.5. The number of halogens is 1. The lowest BCUT2D eigenvalue weighted by Crippen LogP contribution is -1.88. The summed E-state index contributed by atoms with van der Waals surface area (Å²) in [4.78, 5) is 8.82. The molecule has 3 rings (SSSR count). The number of thioether (sulfide) groups is 1. The smallest absolute Gasteiger partial charge is 0.187 e. The third-order valence-corrected chi connectivity index (χ3v) is 4.22. The Hall–Kier alpha value is -1.84. The molecule has 0 saturated carbocycles. The molecule has 1 heterocycles. The van der Waals surface area contributed by atoms with Crippen LogP contribution in [0.1, 0.15) is 5.56 Å². The summed E-state index contributed by atoms with van der Waals surface area (Å²) >= 11 is 7.53. The number of hydrogen-bond donors (Lipinski definition) is 0. The molecule has 21 heavy (non-hydrogen) atoms. The van der Waals surface area contributed by atoms with E-state index >= 15 is 0 Å². The van der Waals surface area contributed by atoms with Crippen molar-refractivity contribution in [2.75, 3.05) is 0 Å². The van der Waals surface area contributed by atoms with Gasteiger partial charge in [-0.1, -0.05) is 65.8 Å². The van der Waals surface area contributed by atoms with Gasteiger partial charge in [-0.15, -0.1) is 0 Å². The van der Waals surface area contributed by atoms with Crippen LogP contribution in [0.2, 0.25) is 5.02 Å². The predicted octanol–water partition coefficient (Wildman–Crippen LogP) is 5.09. The average molecular weight is 313 g/mol. The first-order valence-corrected chi connectivity index (χ1v) is 7.92. The topological polar surface area (TPSA) is 25.8 Å². The maximum Gasteiger partial charge on any atom is 0.187 e. The average Bonchev–Trinajstić information content (AvgIpc) is 2.55. The molecule has 0 aliphatic heterocycles. The zero-order valence-electron chi connectivity index (χ0n) is 11.2. The van der Waals surface area contributed by atoms with Gasteiger partial charge >= 0.3 is 0 Å². The second kappa shape index (κ2) is 6.74. The van der Waals surface area contributed by atoms with E-state index in [1.165, 1.54) is 5.56 Å².